The van der Waals surface area contributed by atoms with Crippen LogP contribution in [0.5, 0.6) is 0 Å². The Kier molecular flexibility index (Phi) is 3.97. The maximum Gasteiger partial charge on any atom is 0.438 e. The molecule has 1 aliphatic heterocycles. The molecule has 2 atom stereocenters. The number of allylic oxidation sites excluding steroid dienone is 3. The van der Waals surface area contributed by atoms with Crippen LogP contribution < -0.4 is 0 Å². The molecule has 2 N–H and O–H groups in total. The van der Waals surface area contributed by atoms with E-state index in [1.807, 2.05) is 0 Å². The van der Waals surface area contributed by atoms with Crippen LogP contribution in [-0.4, -0.2) is 34.8 Å². The number of rotatable bonds is 3. The zero-order valence-electron chi connectivity index (χ0n) is 10.4. The van der Waals surface area contributed by atoms with Crippen molar-refractivity contribution in [1.82, 2.24) is 0 Å². The molecule has 2 aliphatic rings. The molecule has 0 fully saturated rings. The zero-order chi connectivity index (χ0) is 14.8. The van der Waals surface area contributed by atoms with Crippen molar-refractivity contribution in [3.8, 4) is 11.8 Å². The van der Waals surface area contributed by atoms with E-state index in [0.717, 1.165) is 0 Å². The summed E-state index contributed by atoms with van der Waals surface area (Å²) >= 11 is 0. The molecular formula is C13H13F3N2O2. The van der Waals surface area contributed by atoms with Crippen LogP contribution in [0.4, 0.5) is 13.2 Å². The van der Waals surface area contributed by atoms with Crippen molar-refractivity contribution in [1.29, 1.82) is 0 Å². The number of alkyl halides is 3. The SMILES string of the molecule is OC[C@@H](O)CC#CC1=CCC(C2(C(F)(F)F)N=N2)C=C1. The van der Waals surface area contributed by atoms with Crippen molar-refractivity contribution in [2.75, 3.05) is 6.61 Å². The molecule has 1 aliphatic carbocycles. The number of halogens is 3. The van der Waals surface area contributed by atoms with E-state index in [-0.39, 0.29) is 19.4 Å². The van der Waals surface area contributed by atoms with Gasteiger partial charge in [-0.15, -0.1) is 10.2 Å². The van der Waals surface area contributed by atoms with Crippen LogP contribution in [-0.2, 0) is 0 Å². The van der Waals surface area contributed by atoms with E-state index in [9.17, 15) is 13.2 Å². The summed E-state index contributed by atoms with van der Waals surface area (Å²) in [6, 6.07) is 0. The summed E-state index contributed by atoms with van der Waals surface area (Å²) in [7, 11) is 0. The fourth-order valence-electron chi connectivity index (χ4n) is 1.87. The van der Waals surface area contributed by atoms with Gasteiger partial charge in [0.15, 0.2) is 0 Å². The summed E-state index contributed by atoms with van der Waals surface area (Å²) in [6.45, 7) is -0.372. The Bertz CT molecular complexity index is 520. The summed E-state index contributed by atoms with van der Waals surface area (Å²) in [5.74, 6) is 4.56. The highest BCUT2D eigenvalue weighted by molar-refractivity contribution is 5.41. The van der Waals surface area contributed by atoms with Crippen molar-refractivity contribution in [2.45, 2.75) is 30.8 Å². The number of hydrogen-bond acceptors (Lipinski definition) is 4. The topological polar surface area (TPSA) is 65.2 Å². The highest BCUT2D eigenvalue weighted by atomic mass is 19.4. The zero-order valence-corrected chi connectivity index (χ0v) is 10.4. The first-order valence-electron chi connectivity index (χ1n) is 6.06. The van der Waals surface area contributed by atoms with E-state index in [2.05, 4.69) is 22.1 Å². The lowest BCUT2D eigenvalue weighted by molar-refractivity contribution is -0.172. The second kappa shape index (κ2) is 5.38. The number of aliphatic hydroxyl groups is 2. The Morgan fingerprint density at radius 2 is 2.15 bits per heavy atom. The lowest BCUT2D eigenvalue weighted by atomic mass is 9.87. The Morgan fingerprint density at radius 1 is 1.45 bits per heavy atom. The lowest BCUT2D eigenvalue weighted by Gasteiger charge is -2.22. The second-order valence-electron chi connectivity index (χ2n) is 4.63. The van der Waals surface area contributed by atoms with Gasteiger partial charge in [0.1, 0.15) is 0 Å². The predicted molar refractivity (Wildman–Crippen MR) is 64.5 cm³/mol. The smallest absolute Gasteiger partial charge is 0.394 e. The van der Waals surface area contributed by atoms with Crippen molar-refractivity contribution in [3.63, 3.8) is 0 Å². The van der Waals surface area contributed by atoms with E-state index >= 15 is 0 Å². The van der Waals surface area contributed by atoms with E-state index in [0.29, 0.717) is 5.57 Å². The highest BCUT2D eigenvalue weighted by Crippen LogP contribution is 2.51. The van der Waals surface area contributed by atoms with E-state index in [4.69, 9.17) is 10.2 Å². The van der Waals surface area contributed by atoms with Crippen LogP contribution in [0.25, 0.3) is 0 Å². The van der Waals surface area contributed by atoms with Gasteiger partial charge in [-0.1, -0.05) is 30.1 Å². The average molecular weight is 286 g/mol. The molecule has 0 saturated heterocycles. The van der Waals surface area contributed by atoms with Gasteiger partial charge in [-0.3, -0.25) is 0 Å². The van der Waals surface area contributed by atoms with Crippen LogP contribution in [0.2, 0.25) is 0 Å². The molecule has 1 unspecified atom stereocenters. The minimum atomic E-state index is -4.47. The van der Waals surface area contributed by atoms with Crippen LogP contribution in [0.1, 0.15) is 12.8 Å². The van der Waals surface area contributed by atoms with Gasteiger partial charge in [-0.05, 0) is 6.42 Å². The monoisotopic (exact) mass is 286 g/mol. The minimum Gasteiger partial charge on any atom is -0.394 e. The molecule has 0 aromatic rings. The van der Waals surface area contributed by atoms with Crippen LogP contribution in [0.15, 0.2) is 34.0 Å². The molecule has 108 valence electrons. The van der Waals surface area contributed by atoms with Gasteiger partial charge < -0.3 is 10.2 Å². The third-order valence-corrected chi connectivity index (χ3v) is 3.13. The molecule has 0 aromatic carbocycles. The third kappa shape index (κ3) is 2.92. The largest absolute Gasteiger partial charge is 0.438 e. The molecule has 1 heterocycles. The van der Waals surface area contributed by atoms with Crippen molar-refractivity contribution >= 4 is 0 Å². The van der Waals surface area contributed by atoms with Gasteiger partial charge in [0.2, 0.25) is 0 Å². The first kappa shape index (κ1) is 14.8. The summed E-state index contributed by atoms with van der Waals surface area (Å²) in [5, 5.41) is 24.0. The quantitative estimate of drug-likeness (QED) is 0.779. The molecule has 0 amide bonds. The van der Waals surface area contributed by atoms with E-state index < -0.39 is 23.9 Å². The third-order valence-electron chi connectivity index (χ3n) is 3.13. The minimum absolute atomic E-state index is 0.113. The Morgan fingerprint density at radius 3 is 2.60 bits per heavy atom. The lowest BCUT2D eigenvalue weighted by Crippen LogP contribution is -2.39. The van der Waals surface area contributed by atoms with E-state index in [1.54, 1.807) is 6.08 Å². The van der Waals surface area contributed by atoms with Crippen molar-refractivity contribution in [3.05, 3.63) is 23.8 Å². The molecule has 0 radical (unpaired) electrons. The van der Waals surface area contributed by atoms with Gasteiger partial charge in [0.25, 0.3) is 5.66 Å². The highest BCUT2D eigenvalue weighted by Gasteiger charge is 2.67. The molecule has 7 heteroatoms. The summed E-state index contributed by atoms with van der Waals surface area (Å²) < 4.78 is 38.4. The molecule has 0 aromatic heterocycles. The summed E-state index contributed by atoms with van der Waals surface area (Å²) in [6.07, 6.45) is -0.577. The van der Waals surface area contributed by atoms with Gasteiger partial charge in [-0.25, -0.2) is 0 Å². The fourth-order valence-corrected chi connectivity index (χ4v) is 1.87. The average Bonchev–Trinajstić information content (AvgIpc) is 3.20. The Labute approximate surface area is 113 Å². The fraction of sp³-hybridized carbons (Fsp3) is 0.538. The maximum atomic E-state index is 12.8. The van der Waals surface area contributed by atoms with Crippen LogP contribution in [0, 0.1) is 17.8 Å². The molecule has 0 saturated carbocycles. The Hall–Kier alpha value is -1.65. The Balaban J connectivity index is 1.94. The maximum absolute atomic E-state index is 12.8. The molecule has 0 spiro atoms. The molecule has 20 heavy (non-hydrogen) atoms. The van der Waals surface area contributed by atoms with Gasteiger partial charge in [0, 0.05) is 17.9 Å². The normalized spacial score (nSPS) is 24.6. The molecule has 2 rings (SSSR count). The predicted octanol–water partition coefficient (Wildman–Crippen LogP) is 1.96. The van der Waals surface area contributed by atoms with Crippen LogP contribution >= 0.6 is 0 Å². The number of hydrogen-bond donors (Lipinski definition) is 2. The van der Waals surface area contributed by atoms with Crippen LogP contribution in [0.3, 0.4) is 0 Å². The van der Waals surface area contributed by atoms with Gasteiger partial charge in [-0.2, -0.15) is 13.2 Å². The summed E-state index contributed by atoms with van der Waals surface area (Å²) in [5.41, 5.74) is -1.68. The first-order chi connectivity index (χ1) is 9.39. The molecule has 4 nitrogen and oxygen atoms in total. The molecule has 0 bridgehead atoms. The van der Waals surface area contributed by atoms with Crippen molar-refractivity contribution < 1.29 is 23.4 Å². The van der Waals surface area contributed by atoms with Gasteiger partial charge >= 0.3 is 6.18 Å². The molecular weight excluding hydrogens is 273 g/mol. The second-order valence-corrected chi connectivity index (χ2v) is 4.63. The standard InChI is InChI=1S/C13H13F3N2O2/c14-13(15,16)12(17-18-12)10-6-4-9(5-7-10)2-1-3-11(20)8-19/h4-6,10-11,19-20H,3,7-8H2/t10?,11-/m0/s1. The van der Waals surface area contributed by atoms with Gasteiger partial charge in [0.05, 0.1) is 12.7 Å². The van der Waals surface area contributed by atoms with E-state index in [1.165, 1.54) is 12.2 Å². The number of aliphatic hydroxyl groups excluding tert-OH is 2. The number of nitrogens with zero attached hydrogens (tertiary/aromatic N) is 2. The summed E-state index contributed by atoms with van der Waals surface area (Å²) in [4.78, 5) is 0. The first-order valence-corrected chi connectivity index (χ1v) is 6.06. The van der Waals surface area contributed by atoms with Crippen molar-refractivity contribution in [2.24, 2.45) is 16.1 Å².